The van der Waals surface area contributed by atoms with Gasteiger partial charge in [-0.3, -0.25) is 14.9 Å². The number of rotatable bonds is 6. The summed E-state index contributed by atoms with van der Waals surface area (Å²) in [6.07, 6.45) is 1.35. The molecule has 124 valence electrons. The van der Waals surface area contributed by atoms with Crippen molar-refractivity contribution in [2.45, 2.75) is 6.42 Å². The van der Waals surface area contributed by atoms with Crippen molar-refractivity contribution in [1.29, 1.82) is 0 Å². The van der Waals surface area contributed by atoms with Crippen LogP contribution in [-0.2, 0) is 11.2 Å². The van der Waals surface area contributed by atoms with Gasteiger partial charge in [0.1, 0.15) is 5.75 Å². The average Bonchev–Trinajstić information content (AvgIpc) is 2.55. The lowest BCUT2D eigenvalue weighted by atomic mass is 10.1. The van der Waals surface area contributed by atoms with Crippen LogP contribution in [0.15, 0.2) is 52.0 Å². The Morgan fingerprint density at radius 1 is 1.38 bits per heavy atom. The molecule has 2 rings (SSSR count). The van der Waals surface area contributed by atoms with Gasteiger partial charge in [0.2, 0.25) is 5.91 Å². The van der Waals surface area contributed by atoms with Crippen LogP contribution in [0.5, 0.6) is 5.75 Å². The molecular weight excluding hydrogens is 378 g/mol. The van der Waals surface area contributed by atoms with Crippen LogP contribution in [0.2, 0.25) is 0 Å². The largest absolute Gasteiger partial charge is 0.496 e. The number of hydrogen-bond acceptors (Lipinski definition) is 5. The number of methoxy groups -OCH3 is 1. The second kappa shape index (κ2) is 8.21. The van der Waals surface area contributed by atoms with E-state index in [4.69, 9.17) is 4.74 Å². The molecule has 0 spiro atoms. The van der Waals surface area contributed by atoms with Crippen molar-refractivity contribution in [3.05, 3.63) is 68.2 Å². The Labute approximate surface area is 146 Å². The van der Waals surface area contributed by atoms with Crippen molar-refractivity contribution in [2.24, 2.45) is 5.10 Å². The number of para-hydroxylation sites is 1. The minimum absolute atomic E-state index is 0.0873. The molecule has 0 aromatic heterocycles. The van der Waals surface area contributed by atoms with E-state index in [2.05, 4.69) is 26.5 Å². The molecule has 0 unspecified atom stereocenters. The molecule has 1 N–H and O–H groups in total. The van der Waals surface area contributed by atoms with Crippen molar-refractivity contribution >= 4 is 33.7 Å². The standard InChI is InChI=1S/C16H14BrN3O4/c1-24-15-7-6-11(8-13(15)17)10-18-19-16(21)9-12-4-2-3-5-14(12)20(22)23/h2-8,10H,9H2,1H3,(H,19,21)/b18-10+. The summed E-state index contributed by atoms with van der Waals surface area (Å²) in [4.78, 5) is 22.3. The van der Waals surface area contributed by atoms with Gasteiger partial charge >= 0.3 is 0 Å². The summed E-state index contributed by atoms with van der Waals surface area (Å²) >= 11 is 3.36. The highest BCUT2D eigenvalue weighted by atomic mass is 79.9. The first-order valence-electron chi connectivity index (χ1n) is 6.89. The van der Waals surface area contributed by atoms with E-state index in [1.807, 2.05) is 0 Å². The molecule has 2 aromatic carbocycles. The zero-order valence-electron chi connectivity index (χ0n) is 12.7. The minimum Gasteiger partial charge on any atom is -0.496 e. The lowest BCUT2D eigenvalue weighted by molar-refractivity contribution is -0.385. The molecule has 2 aromatic rings. The number of hydrogen-bond donors (Lipinski definition) is 1. The third-order valence-corrected chi connectivity index (χ3v) is 3.74. The zero-order valence-corrected chi connectivity index (χ0v) is 14.3. The van der Waals surface area contributed by atoms with Crippen molar-refractivity contribution in [2.75, 3.05) is 7.11 Å². The first-order chi connectivity index (χ1) is 11.5. The van der Waals surface area contributed by atoms with E-state index < -0.39 is 10.8 Å². The lowest BCUT2D eigenvalue weighted by Crippen LogP contribution is -2.20. The molecule has 0 radical (unpaired) electrons. The first-order valence-corrected chi connectivity index (χ1v) is 7.68. The van der Waals surface area contributed by atoms with E-state index in [1.165, 1.54) is 12.3 Å². The third-order valence-electron chi connectivity index (χ3n) is 3.12. The van der Waals surface area contributed by atoms with Gasteiger partial charge in [-0.25, -0.2) is 5.43 Å². The van der Waals surface area contributed by atoms with Gasteiger partial charge in [0.05, 0.1) is 29.1 Å². The monoisotopic (exact) mass is 391 g/mol. The molecule has 0 aliphatic rings. The van der Waals surface area contributed by atoms with E-state index in [9.17, 15) is 14.9 Å². The van der Waals surface area contributed by atoms with Crippen LogP contribution in [0.1, 0.15) is 11.1 Å². The molecule has 7 nitrogen and oxygen atoms in total. The number of carbonyl (C=O) groups excluding carboxylic acids is 1. The average molecular weight is 392 g/mol. The smallest absolute Gasteiger partial charge is 0.273 e. The van der Waals surface area contributed by atoms with Crippen LogP contribution in [0, 0.1) is 10.1 Å². The van der Waals surface area contributed by atoms with Gasteiger partial charge < -0.3 is 4.74 Å². The Morgan fingerprint density at radius 3 is 2.79 bits per heavy atom. The van der Waals surface area contributed by atoms with Crippen LogP contribution in [0.25, 0.3) is 0 Å². The molecule has 0 aliphatic heterocycles. The summed E-state index contributed by atoms with van der Waals surface area (Å²) in [5.74, 6) is 0.251. The highest BCUT2D eigenvalue weighted by molar-refractivity contribution is 9.10. The number of hydrazone groups is 1. The number of nitro benzene ring substituents is 1. The predicted molar refractivity (Wildman–Crippen MR) is 93.2 cm³/mol. The topological polar surface area (TPSA) is 93.8 Å². The van der Waals surface area contributed by atoms with Crippen LogP contribution in [0.4, 0.5) is 5.69 Å². The normalized spacial score (nSPS) is 10.6. The molecule has 1 amide bonds. The summed E-state index contributed by atoms with van der Waals surface area (Å²) < 4.78 is 5.89. The van der Waals surface area contributed by atoms with Crippen LogP contribution < -0.4 is 10.2 Å². The molecule has 0 bridgehead atoms. The molecule has 0 saturated heterocycles. The van der Waals surface area contributed by atoms with Gasteiger partial charge in [-0.05, 0) is 39.7 Å². The maximum atomic E-state index is 11.9. The van der Waals surface area contributed by atoms with Gasteiger partial charge in [-0.15, -0.1) is 0 Å². The maximum absolute atomic E-state index is 11.9. The summed E-state index contributed by atoms with van der Waals surface area (Å²) in [6.45, 7) is 0. The summed E-state index contributed by atoms with van der Waals surface area (Å²) in [7, 11) is 1.57. The summed E-state index contributed by atoms with van der Waals surface area (Å²) in [6, 6.07) is 11.4. The van der Waals surface area contributed by atoms with Gasteiger partial charge in [-0.1, -0.05) is 18.2 Å². The lowest BCUT2D eigenvalue weighted by Gasteiger charge is -2.03. The van der Waals surface area contributed by atoms with Crippen molar-refractivity contribution in [3.8, 4) is 5.75 Å². The number of halogens is 1. The summed E-state index contributed by atoms with van der Waals surface area (Å²) in [5.41, 5.74) is 3.36. The Morgan fingerprint density at radius 2 is 2.12 bits per heavy atom. The van der Waals surface area contributed by atoms with Gasteiger partial charge in [0, 0.05) is 11.6 Å². The third kappa shape index (κ3) is 4.63. The second-order valence-electron chi connectivity index (χ2n) is 4.75. The molecule has 0 atom stereocenters. The van der Waals surface area contributed by atoms with E-state index in [0.29, 0.717) is 11.3 Å². The Kier molecular flexibility index (Phi) is 6.02. The second-order valence-corrected chi connectivity index (χ2v) is 5.60. The van der Waals surface area contributed by atoms with E-state index in [1.54, 1.807) is 43.5 Å². The fraction of sp³-hybridized carbons (Fsp3) is 0.125. The number of benzene rings is 2. The number of amides is 1. The molecule has 0 saturated carbocycles. The fourth-order valence-corrected chi connectivity index (χ4v) is 2.55. The Hall–Kier alpha value is -2.74. The van der Waals surface area contributed by atoms with Crippen molar-refractivity contribution in [3.63, 3.8) is 0 Å². The Balaban J connectivity index is 1.98. The highest BCUT2D eigenvalue weighted by Gasteiger charge is 2.14. The van der Waals surface area contributed by atoms with Gasteiger partial charge in [0.15, 0.2) is 0 Å². The number of nitrogens with zero attached hydrogens (tertiary/aromatic N) is 2. The van der Waals surface area contributed by atoms with Gasteiger partial charge in [0.25, 0.3) is 5.69 Å². The van der Waals surface area contributed by atoms with Crippen LogP contribution in [0.3, 0.4) is 0 Å². The van der Waals surface area contributed by atoms with Crippen molar-refractivity contribution < 1.29 is 14.5 Å². The quantitative estimate of drug-likeness (QED) is 0.465. The SMILES string of the molecule is COc1ccc(/C=N/NC(=O)Cc2ccccc2[N+](=O)[O-])cc1Br. The molecule has 24 heavy (non-hydrogen) atoms. The number of ether oxygens (including phenoxy) is 1. The minimum atomic E-state index is -0.513. The fourth-order valence-electron chi connectivity index (χ4n) is 1.99. The van der Waals surface area contributed by atoms with E-state index >= 15 is 0 Å². The molecular formula is C16H14BrN3O4. The van der Waals surface area contributed by atoms with Gasteiger partial charge in [-0.2, -0.15) is 5.10 Å². The maximum Gasteiger partial charge on any atom is 0.273 e. The van der Waals surface area contributed by atoms with Crippen LogP contribution >= 0.6 is 15.9 Å². The molecule has 0 aliphatic carbocycles. The first kappa shape index (κ1) is 17.6. The number of nitrogens with one attached hydrogen (secondary N) is 1. The number of nitro groups is 1. The number of carbonyl (C=O) groups is 1. The van der Waals surface area contributed by atoms with Crippen molar-refractivity contribution in [1.82, 2.24) is 5.43 Å². The summed E-state index contributed by atoms with van der Waals surface area (Å²) in [5, 5.41) is 14.8. The molecule has 0 heterocycles. The molecule has 0 fully saturated rings. The zero-order chi connectivity index (χ0) is 17.5. The van der Waals surface area contributed by atoms with E-state index in [0.717, 1.165) is 10.0 Å². The van der Waals surface area contributed by atoms with Crippen LogP contribution in [-0.4, -0.2) is 24.2 Å². The molecule has 8 heteroatoms. The van der Waals surface area contributed by atoms with E-state index in [-0.39, 0.29) is 12.1 Å². The highest BCUT2D eigenvalue weighted by Crippen LogP contribution is 2.24. The predicted octanol–water partition coefficient (Wildman–Crippen LogP) is 3.06. The Bertz CT molecular complexity index is 793.